The number of anilines is 9. The van der Waals surface area contributed by atoms with Crippen molar-refractivity contribution in [3.63, 3.8) is 0 Å². The van der Waals surface area contributed by atoms with Gasteiger partial charge in [0, 0.05) is 92.5 Å². The number of hydrogen-bond acceptors (Lipinski definition) is 8. The van der Waals surface area contributed by atoms with Crippen molar-refractivity contribution in [2.45, 2.75) is 19.6 Å². The Bertz CT molecular complexity index is 5690. The van der Waals surface area contributed by atoms with Gasteiger partial charge in [-0.15, -0.1) is 0 Å². The first-order chi connectivity index (χ1) is 44.6. The van der Waals surface area contributed by atoms with E-state index in [-0.39, 0.29) is 13.4 Å². The van der Waals surface area contributed by atoms with Gasteiger partial charge in [0.15, 0.2) is 11.2 Å². The third-order valence-electron chi connectivity index (χ3n) is 18.8. The smallest absolute Gasteiger partial charge is 0.256 e. The van der Waals surface area contributed by atoms with Crippen LogP contribution in [0.4, 0.5) is 51.2 Å². The van der Waals surface area contributed by atoms with E-state index in [0.717, 1.165) is 139 Å². The lowest BCUT2D eigenvalue weighted by Crippen LogP contribution is -2.64. The molecule has 16 aromatic rings. The summed E-state index contributed by atoms with van der Waals surface area (Å²) in [6, 6.07) is 104. The lowest BCUT2D eigenvalue weighted by atomic mass is 9.30. The number of ether oxygens (including phenoxy) is 1. The Balaban J connectivity index is 0.846. The molecule has 14 aromatic carbocycles. The first-order valence-corrected chi connectivity index (χ1v) is 32.2. The Morgan fingerprint density at radius 2 is 0.733 bits per heavy atom. The summed E-state index contributed by atoms with van der Waals surface area (Å²) in [6.45, 7) is -0.432. The normalized spacial score (nSPS) is 13.4. The minimum absolute atomic E-state index is 0.209. The third kappa shape index (κ3) is 7.46. The van der Waals surface area contributed by atoms with E-state index in [1.54, 1.807) is 23.5 Å². The van der Waals surface area contributed by atoms with Crippen molar-refractivity contribution >= 4 is 186 Å². The second-order valence-electron chi connectivity index (χ2n) is 23.8. The van der Waals surface area contributed by atoms with Crippen LogP contribution >= 0.6 is 23.5 Å². The molecule has 4 aliphatic heterocycles. The molecule has 10 heteroatoms. The second-order valence-corrected chi connectivity index (χ2v) is 26.1. The molecular weight excluding hydrogens is 1140 g/mol. The van der Waals surface area contributed by atoms with E-state index in [9.17, 15) is 0 Å². The Kier molecular flexibility index (Phi) is 10.8. The van der Waals surface area contributed by atoms with Crippen LogP contribution in [0.3, 0.4) is 0 Å². The van der Waals surface area contributed by atoms with Gasteiger partial charge in [-0.25, -0.2) is 0 Å². The molecule has 4 aliphatic rings. The molecule has 2 aromatic heterocycles. The van der Waals surface area contributed by atoms with Crippen molar-refractivity contribution < 1.29 is 13.6 Å². The predicted molar refractivity (Wildman–Crippen MR) is 377 cm³/mol. The zero-order chi connectivity index (χ0) is 58.7. The molecule has 418 valence electrons. The third-order valence-corrected chi connectivity index (χ3v) is 20.8. The number of hydrogen-bond donors (Lipinski definition) is 0. The molecule has 0 bridgehead atoms. The Morgan fingerprint density at radius 1 is 0.278 bits per heavy atom. The van der Waals surface area contributed by atoms with Crippen molar-refractivity contribution in [2.24, 2.45) is 0 Å². The van der Waals surface area contributed by atoms with Gasteiger partial charge in [-0.2, -0.15) is 0 Å². The van der Waals surface area contributed by atoms with Gasteiger partial charge in [-0.3, -0.25) is 0 Å². The van der Waals surface area contributed by atoms with E-state index in [2.05, 4.69) is 300 Å². The van der Waals surface area contributed by atoms with E-state index < -0.39 is 0 Å². The lowest BCUT2D eigenvalue weighted by Gasteiger charge is -2.45. The maximum Gasteiger partial charge on any atom is 0.256 e. The van der Waals surface area contributed by atoms with Crippen LogP contribution in [0.2, 0.25) is 0 Å². The van der Waals surface area contributed by atoms with Crippen LogP contribution in [0.25, 0.3) is 65.4 Å². The number of para-hydroxylation sites is 5. The van der Waals surface area contributed by atoms with E-state index >= 15 is 0 Å². The standard InChI is InChI=1S/C80H47B2N3O3S2/c1-6-20-52(21-7-1)83-69-47-73-66(82-64-31-17-19-33-68(64)85(54-24-10-3-11-25-54)78-76(82)74(86-73)45-62-60-41-51-39-58(90-56-28-14-5-15-29-56)37-35-49(51)43-72(60)88-80(62)78)46-65(69)81-63-30-16-18-32-67(63)84(53-22-8-2-9-23-53)77-75(81)70(83)44-61-59-40-50-38-57(89-55-26-12-4-13-27-55)36-34-48(50)42-71(59)87-79(61)77/h1-47H. The van der Waals surface area contributed by atoms with Crippen molar-refractivity contribution in [2.75, 3.05) is 14.7 Å². The lowest BCUT2D eigenvalue weighted by molar-refractivity contribution is 0.488. The molecule has 0 atom stereocenters. The van der Waals surface area contributed by atoms with Gasteiger partial charge in [0.1, 0.15) is 22.7 Å². The van der Waals surface area contributed by atoms with Crippen LogP contribution in [-0.4, -0.2) is 13.4 Å². The van der Waals surface area contributed by atoms with Gasteiger partial charge in [0.25, 0.3) is 13.4 Å². The highest BCUT2D eigenvalue weighted by Crippen LogP contribution is 2.53. The summed E-state index contributed by atoms with van der Waals surface area (Å²) in [5.41, 5.74) is 19.9. The quantitative estimate of drug-likeness (QED) is 0.146. The van der Waals surface area contributed by atoms with Crippen LogP contribution in [0.1, 0.15) is 0 Å². The topological polar surface area (TPSA) is 45.2 Å². The minimum Gasteiger partial charge on any atom is -0.458 e. The van der Waals surface area contributed by atoms with Gasteiger partial charge >= 0.3 is 0 Å². The van der Waals surface area contributed by atoms with Crippen LogP contribution < -0.4 is 52.2 Å². The minimum atomic E-state index is -0.223. The van der Waals surface area contributed by atoms with Gasteiger partial charge in [0.05, 0.1) is 11.4 Å². The zero-order valence-electron chi connectivity index (χ0n) is 48.2. The molecule has 0 saturated heterocycles. The molecule has 0 unspecified atom stereocenters. The van der Waals surface area contributed by atoms with Gasteiger partial charge < -0.3 is 28.3 Å². The van der Waals surface area contributed by atoms with E-state index in [4.69, 9.17) is 13.6 Å². The molecule has 0 fully saturated rings. The number of furan rings is 2. The molecule has 6 nitrogen and oxygen atoms in total. The summed E-state index contributed by atoms with van der Waals surface area (Å²) in [5.74, 6) is 1.64. The molecule has 20 rings (SSSR count). The van der Waals surface area contributed by atoms with E-state index in [1.165, 1.54) is 41.4 Å². The summed E-state index contributed by atoms with van der Waals surface area (Å²) in [7, 11) is 0. The van der Waals surface area contributed by atoms with Crippen LogP contribution in [-0.2, 0) is 0 Å². The predicted octanol–water partition coefficient (Wildman–Crippen LogP) is 18.6. The number of rotatable bonds is 7. The maximum atomic E-state index is 7.69. The first kappa shape index (κ1) is 50.3. The molecule has 0 saturated carbocycles. The van der Waals surface area contributed by atoms with E-state index in [0.29, 0.717) is 0 Å². The number of benzene rings is 14. The largest absolute Gasteiger partial charge is 0.458 e. The summed E-state index contributed by atoms with van der Waals surface area (Å²) in [4.78, 5) is 12.2. The molecule has 0 radical (unpaired) electrons. The van der Waals surface area contributed by atoms with Crippen molar-refractivity contribution in [3.05, 3.63) is 285 Å². The maximum absolute atomic E-state index is 7.69. The molecule has 0 spiro atoms. The zero-order valence-corrected chi connectivity index (χ0v) is 49.8. The van der Waals surface area contributed by atoms with Gasteiger partial charge in [-0.05, 0) is 182 Å². The van der Waals surface area contributed by atoms with Crippen LogP contribution in [0.15, 0.2) is 314 Å². The molecule has 0 amide bonds. The fraction of sp³-hybridized carbons (Fsp3) is 0. The van der Waals surface area contributed by atoms with Crippen LogP contribution in [0.5, 0.6) is 11.5 Å². The summed E-state index contributed by atoms with van der Waals surface area (Å²) < 4.78 is 22.4. The SMILES string of the molecule is c1ccc(Sc2ccc3cc4oc5c6c7c(cc5c4cc3c2)Oc2cc3c(cc2B7c2ccccc2N6c2ccccc2)B2c4ccccc4N(c4ccccc4)c4c2c(cc2c4oc4cc5ccc(Sc6ccccc6)cc5cc42)N3c2ccccc2)cc1. The highest BCUT2D eigenvalue weighted by Gasteiger charge is 2.49. The van der Waals surface area contributed by atoms with E-state index in [1.807, 2.05) is 0 Å². The fourth-order valence-corrected chi connectivity index (χ4v) is 16.9. The molecule has 6 heterocycles. The monoisotopic (exact) mass is 1180 g/mol. The van der Waals surface area contributed by atoms with Crippen LogP contribution in [0, 0.1) is 0 Å². The highest BCUT2D eigenvalue weighted by molar-refractivity contribution is 7.99. The van der Waals surface area contributed by atoms with Gasteiger partial charge in [0.2, 0.25) is 0 Å². The summed E-state index contributed by atoms with van der Waals surface area (Å²) in [6.07, 6.45) is 0. The summed E-state index contributed by atoms with van der Waals surface area (Å²) >= 11 is 3.56. The van der Waals surface area contributed by atoms with Gasteiger partial charge in [-0.1, -0.05) is 169 Å². The molecule has 90 heavy (non-hydrogen) atoms. The van der Waals surface area contributed by atoms with Crippen molar-refractivity contribution in [3.8, 4) is 11.5 Å². The fourth-order valence-electron chi connectivity index (χ4n) is 15.1. The second kappa shape index (κ2) is 19.4. The number of nitrogens with zero attached hydrogens (tertiary/aromatic N) is 3. The average molecular weight is 1180 g/mol. The Hall–Kier alpha value is -10.8. The van der Waals surface area contributed by atoms with Crippen molar-refractivity contribution in [1.82, 2.24) is 0 Å². The summed E-state index contributed by atoms with van der Waals surface area (Å²) in [5, 5.41) is 8.74. The number of fused-ring (bicyclic) bond motifs is 18. The average Bonchev–Trinajstić information content (AvgIpc) is 1.09. The highest BCUT2D eigenvalue weighted by atomic mass is 32.2. The molecule has 0 aliphatic carbocycles. The molecular formula is C80H47B2N3O3S2. The first-order valence-electron chi connectivity index (χ1n) is 30.6. The Labute approximate surface area is 527 Å². The molecule has 0 N–H and O–H groups in total. The van der Waals surface area contributed by atoms with Crippen molar-refractivity contribution in [1.29, 1.82) is 0 Å². The Morgan fingerprint density at radius 3 is 1.27 bits per heavy atom.